The number of rotatable bonds is 18. The summed E-state index contributed by atoms with van der Waals surface area (Å²) in [7, 11) is -10.8. The van der Waals surface area contributed by atoms with Crippen LogP contribution < -0.4 is 20.2 Å². The third kappa shape index (κ3) is 10.2. The van der Waals surface area contributed by atoms with Crippen LogP contribution in [0.15, 0.2) is 60.9 Å². The Balaban J connectivity index is 1.34. The standard InChI is InChI=1S/C33H43ClFN7O10P2/c1-5-41(6-2)17-16-22-14-10-11-15-23(22)51-53(45,40-33(3,4)31(44)48-18-21-12-8-7-9-13-21)52-54(46,47)49-19-24-27(43)25(35)30(50-24)42-20-37-26-28(36)38-32(34)39-29(26)42/h7-15,20,24-25,27,30,43H,5-6,16-19H2,1-4H3,(H,40,45)(H,46,47)(H2,36,38,39)/p-1/t24-,25?,27?,30-,53?/m1/s1. The Hall–Kier alpha value is -3.54. The molecule has 6 atom stereocenters. The van der Waals surface area contributed by atoms with Gasteiger partial charge in [0.2, 0.25) is 5.28 Å². The summed E-state index contributed by atoms with van der Waals surface area (Å²) in [6, 6.07) is 15.3. The summed E-state index contributed by atoms with van der Waals surface area (Å²) in [6.45, 7) is 7.67. The average Bonchev–Trinajstić information content (AvgIpc) is 3.66. The van der Waals surface area contributed by atoms with Gasteiger partial charge in [0.15, 0.2) is 23.9 Å². The zero-order chi connectivity index (χ0) is 39.3. The van der Waals surface area contributed by atoms with E-state index in [2.05, 4.69) is 24.9 Å². The maximum atomic E-state index is 15.4. The number of carbonyl (C=O) groups is 1. The molecule has 0 amide bonds. The molecule has 4 unspecified atom stereocenters. The molecule has 54 heavy (non-hydrogen) atoms. The minimum atomic E-state index is -5.67. The van der Waals surface area contributed by atoms with Gasteiger partial charge in [0.25, 0.3) is 7.82 Å². The van der Waals surface area contributed by atoms with Crippen molar-refractivity contribution in [1.82, 2.24) is 29.5 Å². The van der Waals surface area contributed by atoms with Crippen LogP contribution in [0.2, 0.25) is 5.28 Å². The van der Waals surface area contributed by atoms with Gasteiger partial charge in [-0.1, -0.05) is 62.4 Å². The van der Waals surface area contributed by atoms with Crippen molar-refractivity contribution in [2.45, 2.75) is 70.9 Å². The van der Waals surface area contributed by atoms with Crippen molar-refractivity contribution in [1.29, 1.82) is 0 Å². The quantitative estimate of drug-likeness (QED) is 0.0722. The SMILES string of the molecule is CCN(CC)CCc1ccccc1OP(=O)(NC(C)(C)C(=O)OCc1ccccc1)OP(=O)([O-])OC[C@H]1O[C@@H](n2cnc3c(N)nc(Cl)nc32)C(F)C1O. The number of nitrogens with two attached hydrogens (primary N) is 1. The van der Waals surface area contributed by atoms with Crippen molar-refractivity contribution >= 4 is 50.1 Å². The number of anilines is 1. The lowest BCUT2D eigenvalue weighted by atomic mass is 10.1. The summed E-state index contributed by atoms with van der Waals surface area (Å²) in [6.07, 6.45) is -5.58. The Morgan fingerprint density at radius 3 is 2.54 bits per heavy atom. The molecule has 1 aliphatic heterocycles. The number of imidazole rings is 1. The number of para-hydroxylation sites is 1. The number of nitrogens with zero attached hydrogens (tertiary/aromatic N) is 5. The van der Waals surface area contributed by atoms with Crippen molar-refractivity contribution in [3.8, 4) is 5.75 Å². The molecule has 5 rings (SSSR count). The first kappa shape index (κ1) is 41.6. The van der Waals surface area contributed by atoms with Gasteiger partial charge in [0.05, 0.1) is 12.9 Å². The minimum absolute atomic E-state index is 0.00167. The molecule has 0 radical (unpaired) electrons. The monoisotopic (exact) mass is 812 g/mol. The molecule has 4 aromatic rings. The van der Waals surface area contributed by atoms with E-state index in [4.69, 9.17) is 40.2 Å². The van der Waals surface area contributed by atoms with Crippen LogP contribution in [0.1, 0.15) is 45.0 Å². The van der Waals surface area contributed by atoms with Crippen molar-refractivity contribution in [2.75, 3.05) is 32.0 Å². The van der Waals surface area contributed by atoms with Gasteiger partial charge in [-0.15, -0.1) is 0 Å². The van der Waals surface area contributed by atoms with Gasteiger partial charge in [-0.05, 0) is 62.2 Å². The van der Waals surface area contributed by atoms with Crippen molar-refractivity contribution in [3.63, 3.8) is 0 Å². The van der Waals surface area contributed by atoms with E-state index in [1.54, 1.807) is 48.5 Å². The number of aliphatic hydroxyl groups excluding tert-OH is 1. The number of likely N-dealkylation sites (N-methyl/N-ethyl adjacent to an activating group) is 1. The van der Waals surface area contributed by atoms with E-state index in [0.717, 1.165) is 24.0 Å². The van der Waals surface area contributed by atoms with Crippen LogP contribution in [0.25, 0.3) is 11.2 Å². The smallest absolute Gasteiger partial charge is 0.466 e. The summed E-state index contributed by atoms with van der Waals surface area (Å²) in [4.78, 5) is 40.6. The van der Waals surface area contributed by atoms with Crippen molar-refractivity contribution in [2.24, 2.45) is 0 Å². The summed E-state index contributed by atoms with van der Waals surface area (Å²) in [5.74, 6) is -0.969. The lowest BCUT2D eigenvalue weighted by Crippen LogP contribution is -2.47. The molecule has 21 heteroatoms. The lowest BCUT2D eigenvalue weighted by molar-refractivity contribution is -0.220. The first-order valence-electron chi connectivity index (χ1n) is 16.9. The van der Waals surface area contributed by atoms with Crippen LogP contribution in [0, 0.1) is 0 Å². The molecular weight excluding hydrogens is 771 g/mol. The van der Waals surface area contributed by atoms with E-state index >= 15 is 4.39 Å². The Morgan fingerprint density at radius 1 is 1.15 bits per heavy atom. The average molecular weight is 813 g/mol. The van der Waals surface area contributed by atoms with Crippen LogP contribution in [0.3, 0.4) is 0 Å². The predicted octanol–water partition coefficient (Wildman–Crippen LogP) is 4.34. The Kier molecular flexibility index (Phi) is 13.5. The summed E-state index contributed by atoms with van der Waals surface area (Å²) < 4.78 is 71.3. The molecule has 0 bridgehead atoms. The normalized spacial score (nSPS) is 21.2. The highest BCUT2D eigenvalue weighted by molar-refractivity contribution is 7.63. The number of hydrogen-bond acceptors (Lipinski definition) is 15. The molecule has 2 aromatic carbocycles. The third-order valence-corrected chi connectivity index (χ3v) is 12.1. The topological polar surface area (TPSA) is 226 Å². The second-order valence-corrected chi connectivity index (χ2v) is 16.3. The van der Waals surface area contributed by atoms with Gasteiger partial charge in [0.1, 0.15) is 35.6 Å². The highest BCUT2D eigenvalue weighted by atomic mass is 35.5. The van der Waals surface area contributed by atoms with Gasteiger partial charge in [-0.2, -0.15) is 15.1 Å². The Labute approximate surface area is 316 Å². The molecule has 0 spiro atoms. The summed E-state index contributed by atoms with van der Waals surface area (Å²) in [5.41, 5.74) is 5.32. The number of nitrogens with one attached hydrogen (secondary N) is 1. The molecule has 294 valence electrons. The van der Waals surface area contributed by atoms with E-state index in [0.29, 0.717) is 24.1 Å². The van der Waals surface area contributed by atoms with E-state index in [9.17, 15) is 23.9 Å². The largest absolute Gasteiger partial charge is 0.756 e. The number of nitrogen functional groups attached to an aromatic ring is 1. The number of benzene rings is 2. The van der Waals surface area contributed by atoms with Gasteiger partial charge >= 0.3 is 13.7 Å². The molecule has 17 nitrogen and oxygen atoms in total. The predicted molar refractivity (Wildman–Crippen MR) is 194 cm³/mol. The minimum Gasteiger partial charge on any atom is -0.756 e. The molecule has 1 fully saturated rings. The maximum absolute atomic E-state index is 15.4. The highest BCUT2D eigenvalue weighted by Gasteiger charge is 2.47. The number of aliphatic hydroxyl groups is 1. The van der Waals surface area contributed by atoms with Gasteiger partial charge in [-0.25, -0.2) is 18.3 Å². The number of carbonyl (C=O) groups excluding carboxylic acids is 1. The number of aromatic nitrogens is 4. The highest BCUT2D eigenvalue weighted by Crippen LogP contribution is 2.59. The van der Waals surface area contributed by atoms with Gasteiger partial charge in [-0.3, -0.25) is 13.9 Å². The van der Waals surface area contributed by atoms with Gasteiger partial charge < -0.3 is 39.2 Å². The number of alkyl halides is 1. The van der Waals surface area contributed by atoms with Crippen molar-refractivity contribution in [3.05, 3.63) is 77.3 Å². The van der Waals surface area contributed by atoms with E-state index < -0.39 is 58.3 Å². The maximum Gasteiger partial charge on any atom is 0.466 e. The number of hydrogen-bond donors (Lipinski definition) is 3. The molecule has 0 aliphatic carbocycles. The van der Waals surface area contributed by atoms with Crippen LogP contribution in [-0.2, 0) is 45.3 Å². The van der Waals surface area contributed by atoms with Crippen LogP contribution >= 0.6 is 27.2 Å². The number of phosphoric acid groups is 1. The third-order valence-electron chi connectivity index (χ3n) is 8.52. The summed E-state index contributed by atoms with van der Waals surface area (Å²) in [5, 5.41) is 12.8. The number of fused-ring (bicyclic) bond motifs is 1. The molecular formula is C33H42ClFN7O10P2-. The molecule has 3 heterocycles. The fraction of sp³-hybridized carbons (Fsp3) is 0.455. The zero-order valence-corrected chi connectivity index (χ0v) is 32.5. The second-order valence-electron chi connectivity index (χ2n) is 12.8. The van der Waals surface area contributed by atoms with Crippen molar-refractivity contribution < 1.29 is 51.1 Å². The van der Waals surface area contributed by atoms with Crippen LogP contribution in [0.4, 0.5) is 10.2 Å². The number of esters is 1. The first-order valence-corrected chi connectivity index (χ1v) is 20.3. The Morgan fingerprint density at radius 2 is 1.83 bits per heavy atom. The van der Waals surface area contributed by atoms with E-state index in [1.807, 2.05) is 13.8 Å². The molecule has 0 saturated carbocycles. The molecule has 1 saturated heterocycles. The second kappa shape index (κ2) is 17.5. The molecule has 2 aromatic heterocycles. The van der Waals surface area contributed by atoms with E-state index in [-0.39, 0.29) is 34.6 Å². The number of phosphoric ester groups is 1. The first-order chi connectivity index (χ1) is 25.5. The van der Waals surface area contributed by atoms with Crippen LogP contribution in [-0.4, -0.2) is 85.7 Å². The van der Waals surface area contributed by atoms with Crippen LogP contribution in [0.5, 0.6) is 5.75 Å². The van der Waals surface area contributed by atoms with Gasteiger partial charge in [0, 0.05) is 6.54 Å². The lowest BCUT2D eigenvalue weighted by Gasteiger charge is -2.33. The number of halogens is 2. The fourth-order valence-corrected chi connectivity index (χ4v) is 8.88. The number of ether oxygens (including phenoxy) is 2. The molecule has 4 N–H and O–H groups in total. The zero-order valence-electron chi connectivity index (χ0n) is 29.9. The Bertz CT molecular complexity index is 2010. The molecule has 1 aliphatic rings. The van der Waals surface area contributed by atoms with E-state index in [1.165, 1.54) is 19.9 Å². The fourth-order valence-electron chi connectivity index (χ4n) is 5.58. The summed E-state index contributed by atoms with van der Waals surface area (Å²) >= 11 is 5.91.